The van der Waals surface area contributed by atoms with Gasteiger partial charge >= 0.3 is 0 Å². The van der Waals surface area contributed by atoms with E-state index in [0.717, 1.165) is 30.6 Å². The van der Waals surface area contributed by atoms with E-state index in [4.69, 9.17) is 0 Å². The highest BCUT2D eigenvalue weighted by Gasteiger charge is 2.21. The van der Waals surface area contributed by atoms with Crippen molar-refractivity contribution in [1.82, 2.24) is 0 Å². The molecule has 25 heavy (non-hydrogen) atoms. The molecule has 0 aromatic heterocycles. The van der Waals surface area contributed by atoms with Gasteiger partial charge in [0.05, 0.1) is 0 Å². The second-order valence-corrected chi connectivity index (χ2v) is 9.21. The van der Waals surface area contributed by atoms with Crippen LogP contribution in [0.4, 0.5) is 0 Å². The summed E-state index contributed by atoms with van der Waals surface area (Å²) in [5.74, 6) is 3.47. The smallest absolute Gasteiger partial charge is 0.132 e. The molecule has 0 atom stereocenters. The fraction of sp³-hybridized carbons (Fsp3) is 0.958. The second kappa shape index (κ2) is 12.9. The highest BCUT2D eigenvalue weighted by Crippen LogP contribution is 2.35. The lowest BCUT2D eigenvalue weighted by Gasteiger charge is -2.29. The molecule has 0 N–H and O–H groups in total. The third-order valence-corrected chi connectivity index (χ3v) is 7.07. The van der Waals surface area contributed by atoms with E-state index in [0.29, 0.717) is 5.78 Å². The Kier molecular flexibility index (Phi) is 10.9. The summed E-state index contributed by atoms with van der Waals surface area (Å²) in [6.07, 6.45) is 26.1. The topological polar surface area (TPSA) is 17.1 Å². The lowest BCUT2D eigenvalue weighted by atomic mass is 9.77. The fourth-order valence-corrected chi connectivity index (χ4v) is 5.18. The zero-order valence-electron chi connectivity index (χ0n) is 17.1. The third-order valence-electron chi connectivity index (χ3n) is 7.07. The van der Waals surface area contributed by atoms with Crippen molar-refractivity contribution < 1.29 is 4.79 Å². The van der Waals surface area contributed by atoms with Gasteiger partial charge in [0.2, 0.25) is 0 Å². The van der Waals surface area contributed by atoms with Gasteiger partial charge in [-0.2, -0.15) is 0 Å². The molecule has 1 heteroatoms. The average molecular weight is 349 g/mol. The lowest BCUT2D eigenvalue weighted by Crippen LogP contribution is -2.15. The van der Waals surface area contributed by atoms with Crippen LogP contribution in [-0.2, 0) is 4.79 Å². The molecule has 0 saturated heterocycles. The molecule has 1 nitrogen and oxygen atoms in total. The van der Waals surface area contributed by atoms with E-state index in [1.165, 1.54) is 109 Å². The van der Waals surface area contributed by atoms with Gasteiger partial charge in [-0.25, -0.2) is 0 Å². The fourth-order valence-electron chi connectivity index (χ4n) is 5.18. The van der Waals surface area contributed by atoms with Crippen LogP contribution >= 0.6 is 0 Å². The monoisotopic (exact) mass is 348 g/mol. The predicted molar refractivity (Wildman–Crippen MR) is 109 cm³/mol. The Balaban J connectivity index is 1.41. The van der Waals surface area contributed by atoms with Gasteiger partial charge in [-0.05, 0) is 30.6 Å². The van der Waals surface area contributed by atoms with Crippen LogP contribution in [0, 0.1) is 17.8 Å². The van der Waals surface area contributed by atoms with Gasteiger partial charge in [0, 0.05) is 12.8 Å². The maximum absolute atomic E-state index is 11.3. The first-order valence-electron chi connectivity index (χ1n) is 11.8. The first-order valence-corrected chi connectivity index (χ1v) is 11.8. The lowest BCUT2D eigenvalue weighted by molar-refractivity contribution is -0.121. The molecule has 0 aliphatic heterocycles. The number of ketones is 1. The van der Waals surface area contributed by atoms with Crippen molar-refractivity contribution in [3.8, 4) is 0 Å². The molecule has 0 heterocycles. The number of unbranched alkanes of at least 4 members (excludes halogenated alkanes) is 6. The van der Waals surface area contributed by atoms with Crippen LogP contribution in [-0.4, -0.2) is 5.78 Å². The van der Waals surface area contributed by atoms with Crippen molar-refractivity contribution in [2.75, 3.05) is 0 Å². The van der Waals surface area contributed by atoms with Crippen LogP contribution in [0.1, 0.15) is 129 Å². The van der Waals surface area contributed by atoms with Crippen LogP contribution in [0.2, 0.25) is 0 Å². The quantitative estimate of drug-likeness (QED) is 0.328. The molecule has 2 aliphatic rings. The number of rotatable bonds is 12. The predicted octanol–water partition coefficient (Wildman–Crippen LogP) is 7.86. The number of Topliss-reactive ketones (excluding diaryl/α,β-unsaturated/α-hetero) is 1. The SMILES string of the molecule is CCCCCCCC[C@H]1CC[C@H](CCCCC2CCC(=O)CC2)CC1. The molecule has 2 rings (SSSR count). The summed E-state index contributed by atoms with van der Waals surface area (Å²) in [7, 11) is 0. The van der Waals surface area contributed by atoms with Gasteiger partial charge in [-0.1, -0.05) is 103 Å². The van der Waals surface area contributed by atoms with Crippen molar-refractivity contribution >= 4 is 5.78 Å². The molecular formula is C24H44O. The Morgan fingerprint density at radius 2 is 1.00 bits per heavy atom. The molecule has 2 fully saturated rings. The molecule has 0 aromatic rings. The average Bonchev–Trinajstić information content (AvgIpc) is 2.64. The Morgan fingerprint density at radius 1 is 0.600 bits per heavy atom. The normalized spacial score (nSPS) is 25.4. The molecule has 2 saturated carbocycles. The number of hydrogen-bond donors (Lipinski definition) is 0. The van der Waals surface area contributed by atoms with Gasteiger partial charge in [-0.15, -0.1) is 0 Å². The first-order chi connectivity index (χ1) is 12.3. The minimum Gasteiger partial charge on any atom is -0.300 e. The standard InChI is InChI=1S/C24H44O/c1-2-3-4-5-6-7-10-21-13-15-22(16-14-21)11-8-9-12-23-17-19-24(25)20-18-23/h21-23H,2-20H2,1H3/t21-,22-. The van der Waals surface area contributed by atoms with Crippen LogP contribution in [0.3, 0.4) is 0 Å². The molecule has 0 amide bonds. The zero-order valence-corrected chi connectivity index (χ0v) is 17.1. The van der Waals surface area contributed by atoms with Gasteiger partial charge in [-0.3, -0.25) is 4.79 Å². The molecule has 0 aromatic carbocycles. The highest BCUT2D eigenvalue weighted by atomic mass is 16.1. The Morgan fingerprint density at radius 3 is 1.52 bits per heavy atom. The summed E-state index contributed by atoms with van der Waals surface area (Å²) < 4.78 is 0. The zero-order chi connectivity index (χ0) is 17.7. The Hall–Kier alpha value is -0.330. The summed E-state index contributed by atoms with van der Waals surface area (Å²) in [4.78, 5) is 11.3. The maximum atomic E-state index is 11.3. The highest BCUT2D eigenvalue weighted by molar-refractivity contribution is 5.78. The minimum absolute atomic E-state index is 0.508. The van der Waals surface area contributed by atoms with Gasteiger partial charge in [0.1, 0.15) is 5.78 Å². The Labute approximate surface area is 157 Å². The van der Waals surface area contributed by atoms with E-state index in [2.05, 4.69) is 6.92 Å². The summed E-state index contributed by atoms with van der Waals surface area (Å²) in [5.41, 5.74) is 0. The number of carbonyl (C=O) groups is 1. The first kappa shape index (κ1) is 21.0. The van der Waals surface area contributed by atoms with Crippen molar-refractivity contribution in [2.45, 2.75) is 129 Å². The van der Waals surface area contributed by atoms with Gasteiger partial charge in [0.25, 0.3) is 0 Å². The molecule has 146 valence electrons. The van der Waals surface area contributed by atoms with Gasteiger partial charge < -0.3 is 0 Å². The number of hydrogen-bond acceptors (Lipinski definition) is 1. The van der Waals surface area contributed by atoms with E-state index in [-0.39, 0.29) is 0 Å². The van der Waals surface area contributed by atoms with Crippen LogP contribution in [0.15, 0.2) is 0 Å². The van der Waals surface area contributed by atoms with Crippen molar-refractivity contribution in [3.05, 3.63) is 0 Å². The summed E-state index contributed by atoms with van der Waals surface area (Å²) >= 11 is 0. The summed E-state index contributed by atoms with van der Waals surface area (Å²) in [5, 5.41) is 0. The van der Waals surface area contributed by atoms with E-state index >= 15 is 0 Å². The summed E-state index contributed by atoms with van der Waals surface area (Å²) in [6, 6.07) is 0. The van der Waals surface area contributed by atoms with Gasteiger partial charge in [0.15, 0.2) is 0 Å². The largest absolute Gasteiger partial charge is 0.300 e. The maximum Gasteiger partial charge on any atom is 0.132 e. The molecule has 0 bridgehead atoms. The van der Waals surface area contributed by atoms with Crippen molar-refractivity contribution in [2.24, 2.45) is 17.8 Å². The molecule has 0 unspecified atom stereocenters. The summed E-state index contributed by atoms with van der Waals surface area (Å²) in [6.45, 7) is 2.30. The minimum atomic E-state index is 0.508. The third kappa shape index (κ3) is 9.25. The molecule has 2 aliphatic carbocycles. The molecule has 0 radical (unpaired) electrons. The Bertz CT molecular complexity index is 330. The molecule has 0 spiro atoms. The van der Waals surface area contributed by atoms with E-state index in [1.807, 2.05) is 0 Å². The number of carbonyl (C=O) groups excluding carboxylic acids is 1. The van der Waals surface area contributed by atoms with Crippen LogP contribution < -0.4 is 0 Å². The van der Waals surface area contributed by atoms with Crippen molar-refractivity contribution in [1.29, 1.82) is 0 Å². The van der Waals surface area contributed by atoms with Crippen LogP contribution in [0.25, 0.3) is 0 Å². The van der Waals surface area contributed by atoms with Crippen molar-refractivity contribution in [3.63, 3.8) is 0 Å². The molecular weight excluding hydrogens is 304 g/mol. The van der Waals surface area contributed by atoms with E-state index < -0.39 is 0 Å². The second-order valence-electron chi connectivity index (χ2n) is 9.21. The van der Waals surface area contributed by atoms with E-state index in [9.17, 15) is 4.79 Å². The van der Waals surface area contributed by atoms with E-state index in [1.54, 1.807) is 0 Å². The van der Waals surface area contributed by atoms with Crippen LogP contribution in [0.5, 0.6) is 0 Å².